The molecule has 1 aliphatic rings. The molecule has 4 nitrogen and oxygen atoms in total. The molecular formula is C16H24N2O2. The van der Waals surface area contributed by atoms with Gasteiger partial charge in [-0.25, -0.2) is 0 Å². The summed E-state index contributed by atoms with van der Waals surface area (Å²) >= 11 is 0. The molecule has 110 valence electrons. The van der Waals surface area contributed by atoms with Crippen LogP contribution >= 0.6 is 0 Å². The number of nitrogens with one attached hydrogen (secondary N) is 1. The van der Waals surface area contributed by atoms with E-state index in [9.17, 15) is 4.79 Å². The summed E-state index contributed by atoms with van der Waals surface area (Å²) in [5, 5.41) is 3.34. The number of anilines is 1. The van der Waals surface area contributed by atoms with Gasteiger partial charge < -0.3 is 15.0 Å². The van der Waals surface area contributed by atoms with Gasteiger partial charge in [0.05, 0.1) is 19.3 Å². The van der Waals surface area contributed by atoms with E-state index in [4.69, 9.17) is 4.74 Å². The first kappa shape index (κ1) is 14.9. The van der Waals surface area contributed by atoms with E-state index in [1.54, 1.807) is 0 Å². The monoisotopic (exact) mass is 276 g/mol. The number of hydrogen-bond acceptors (Lipinski definition) is 3. The van der Waals surface area contributed by atoms with Gasteiger partial charge >= 0.3 is 0 Å². The molecule has 0 aliphatic carbocycles. The van der Waals surface area contributed by atoms with Crippen LogP contribution < -0.4 is 5.32 Å². The molecule has 0 spiro atoms. The standard InChI is InChI=1S/C16H24N2O2/c1-4-7-17-14-5-6-15(12(2)10-14)16(19)18-8-9-20-11-13(18)3/h5-6,10,13,17H,4,7-9,11H2,1-3H3. The van der Waals surface area contributed by atoms with Crippen LogP contribution in [0.1, 0.15) is 36.2 Å². The normalized spacial score (nSPS) is 18.9. The van der Waals surface area contributed by atoms with Gasteiger partial charge in [-0.2, -0.15) is 0 Å². The lowest BCUT2D eigenvalue weighted by molar-refractivity contribution is 0.00355. The van der Waals surface area contributed by atoms with Crippen molar-refractivity contribution in [1.82, 2.24) is 4.90 Å². The second kappa shape index (κ2) is 6.75. The van der Waals surface area contributed by atoms with Crippen LogP contribution in [0.25, 0.3) is 0 Å². The minimum Gasteiger partial charge on any atom is -0.385 e. The van der Waals surface area contributed by atoms with Crippen LogP contribution in [-0.2, 0) is 4.74 Å². The first-order chi connectivity index (χ1) is 9.63. The molecule has 1 N–H and O–H groups in total. The number of benzene rings is 1. The van der Waals surface area contributed by atoms with Crippen LogP contribution in [0.4, 0.5) is 5.69 Å². The van der Waals surface area contributed by atoms with Crippen molar-refractivity contribution in [3.63, 3.8) is 0 Å². The highest BCUT2D eigenvalue weighted by atomic mass is 16.5. The quantitative estimate of drug-likeness (QED) is 0.919. The number of ether oxygens (including phenoxy) is 1. The Bertz CT molecular complexity index is 474. The molecule has 1 aliphatic heterocycles. The lowest BCUT2D eigenvalue weighted by Crippen LogP contribution is -2.47. The van der Waals surface area contributed by atoms with Gasteiger partial charge in [-0.05, 0) is 44.0 Å². The lowest BCUT2D eigenvalue weighted by Gasteiger charge is -2.33. The minimum atomic E-state index is 0.111. The third-order valence-electron chi connectivity index (χ3n) is 3.66. The van der Waals surface area contributed by atoms with Crippen molar-refractivity contribution in [2.24, 2.45) is 0 Å². The van der Waals surface area contributed by atoms with Crippen molar-refractivity contribution < 1.29 is 9.53 Å². The molecule has 4 heteroatoms. The van der Waals surface area contributed by atoms with Crippen LogP contribution in [0.2, 0.25) is 0 Å². The van der Waals surface area contributed by atoms with Gasteiger partial charge in [0.15, 0.2) is 0 Å². The topological polar surface area (TPSA) is 41.6 Å². The number of carbonyl (C=O) groups excluding carboxylic acids is 1. The van der Waals surface area contributed by atoms with Gasteiger partial charge in [-0.1, -0.05) is 6.92 Å². The first-order valence-electron chi connectivity index (χ1n) is 7.36. The van der Waals surface area contributed by atoms with Gasteiger partial charge in [0.25, 0.3) is 5.91 Å². The molecule has 0 bridgehead atoms. The Morgan fingerprint density at radius 1 is 1.50 bits per heavy atom. The molecule has 0 saturated carbocycles. The highest BCUT2D eigenvalue weighted by Gasteiger charge is 2.25. The third-order valence-corrected chi connectivity index (χ3v) is 3.66. The summed E-state index contributed by atoms with van der Waals surface area (Å²) in [6, 6.07) is 6.11. The number of carbonyl (C=O) groups is 1. The predicted octanol–water partition coefficient (Wildman–Crippen LogP) is 2.68. The van der Waals surface area contributed by atoms with Crippen molar-refractivity contribution in [3.05, 3.63) is 29.3 Å². The molecule has 1 unspecified atom stereocenters. The second-order valence-corrected chi connectivity index (χ2v) is 5.38. The zero-order valence-corrected chi connectivity index (χ0v) is 12.6. The van der Waals surface area contributed by atoms with Gasteiger partial charge in [-0.15, -0.1) is 0 Å². The number of morpholine rings is 1. The van der Waals surface area contributed by atoms with E-state index in [1.165, 1.54) is 0 Å². The van der Waals surface area contributed by atoms with Crippen LogP contribution in [0.5, 0.6) is 0 Å². The van der Waals surface area contributed by atoms with E-state index >= 15 is 0 Å². The fraction of sp³-hybridized carbons (Fsp3) is 0.562. The van der Waals surface area contributed by atoms with E-state index < -0.39 is 0 Å². The molecule has 2 rings (SSSR count). The zero-order chi connectivity index (χ0) is 14.5. The van der Waals surface area contributed by atoms with Gasteiger partial charge in [0.1, 0.15) is 0 Å². The largest absolute Gasteiger partial charge is 0.385 e. The molecule has 0 aromatic heterocycles. The van der Waals surface area contributed by atoms with E-state index in [0.717, 1.165) is 29.8 Å². The maximum absolute atomic E-state index is 12.6. The maximum atomic E-state index is 12.6. The predicted molar refractivity (Wildman–Crippen MR) is 81.3 cm³/mol. The summed E-state index contributed by atoms with van der Waals surface area (Å²) < 4.78 is 5.39. The summed E-state index contributed by atoms with van der Waals surface area (Å²) in [7, 11) is 0. The molecule has 1 amide bonds. The van der Waals surface area contributed by atoms with Crippen molar-refractivity contribution >= 4 is 11.6 Å². The molecule has 1 aromatic carbocycles. The smallest absolute Gasteiger partial charge is 0.254 e. The minimum absolute atomic E-state index is 0.111. The number of aryl methyl sites for hydroxylation is 1. The number of amides is 1. The Balaban J connectivity index is 2.13. The summed E-state index contributed by atoms with van der Waals surface area (Å²) in [6.45, 7) is 9.05. The summed E-state index contributed by atoms with van der Waals surface area (Å²) in [4.78, 5) is 14.5. The van der Waals surface area contributed by atoms with Gasteiger partial charge in [-0.3, -0.25) is 4.79 Å². The molecular weight excluding hydrogens is 252 g/mol. The van der Waals surface area contributed by atoms with Crippen molar-refractivity contribution in [3.8, 4) is 0 Å². The first-order valence-corrected chi connectivity index (χ1v) is 7.36. The molecule has 0 radical (unpaired) electrons. The van der Waals surface area contributed by atoms with Crippen molar-refractivity contribution in [1.29, 1.82) is 0 Å². The SMILES string of the molecule is CCCNc1ccc(C(=O)N2CCOCC2C)c(C)c1. The molecule has 1 atom stereocenters. The number of nitrogens with zero attached hydrogens (tertiary/aromatic N) is 1. The third kappa shape index (κ3) is 3.31. The zero-order valence-electron chi connectivity index (χ0n) is 12.6. The highest BCUT2D eigenvalue weighted by Crippen LogP contribution is 2.19. The van der Waals surface area contributed by atoms with Gasteiger partial charge in [0, 0.05) is 24.3 Å². The summed E-state index contributed by atoms with van der Waals surface area (Å²) in [5.74, 6) is 0.111. The summed E-state index contributed by atoms with van der Waals surface area (Å²) in [6.07, 6.45) is 1.09. The fourth-order valence-electron chi connectivity index (χ4n) is 2.47. The Morgan fingerprint density at radius 2 is 2.30 bits per heavy atom. The van der Waals surface area contributed by atoms with Gasteiger partial charge in [0.2, 0.25) is 0 Å². The molecule has 20 heavy (non-hydrogen) atoms. The van der Waals surface area contributed by atoms with E-state index in [-0.39, 0.29) is 11.9 Å². The van der Waals surface area contributed by atoms with E-state index in [0.29, 0.717) is 19.8 Å². The molecule has 1 saturated heterocycles. The number of hydrogen-bond donors (Lipinski definition) is 1. The Kier molecular flexibility index (Phi) is 5.01. The molecule has 1 fully saturated rings. The fourth-order valence-corrected chi connectivity index (χ4v) is 2.47. The van der Waals surface area contributed by atoms with Crippen molar-refractivity contribution in [2.75, 3.05) is 31.6 Å². The number of rotatable bonds is 4. The lowest BCUT2D eigenvalue weighted by atomic mass is 10.1. The highest BCUT2D eigenvalue weighted by molar-refractivity contribution is 5.96. The van der Waals surface area contributed by atoms with Crippen molar-refractivity contribution in [2.45, 2.75) is 33.2 Å². The Labute approximate surface area is 121 Å². The van der Waals surface area contributed by atoms with Crippen LogP contribution in [0.3, 0.4) is 0 Å². The average Bonchev–Trinajstić information content (AvgIpc) is 2.45. The summed E-state index contributed by atoms with van der Waals surface area (Å²) in [5.41, 5.74) is 2.89. The van der Waals surface area contributed by atoms with E-state index in [2.05, 4.69) is 12.2 Å². The second-order valence-electron chi connectivity index (χ2n) is 5.38. The van der Waals surface area contributed by atoms with Crippen LogP contribution in [0.15, 0.2) is 18.2 Å². The molecule has 1 heterocycles. The molecule has 1 aromatic rings. The average molecular weight is 276 g/mol. The Hall–Kier alpha value is -1.55. The van der Waals surface area contributed by atoms with Crippen LogP contribution in [0, 0.1) is 6.92 Å². The van der Waals surface area contributed by atoms with E-state index in [1.807, 2.05) is 36.9 Å². The van der Waals surface area contributed by atoms with Crippen LogP contribution in [-0.4, -0.2) is 43.2 Å². The Morgan fingerprint density at radius 3 is 2.95 bits per heavy atom. The maximum Gasteiger partial charge on any atom is 0.254 e.